The molecule has 1 aromatic rings. The van der Waals surface area contributed by atoms with Gasteiger partial charge in [0.2, 0.25) is 0 Å². The molecule has 0 amide bonds. The zero-order valence-corrected chi connectivity index (χ0v) is 11.8. The van der Waals surface area contributed by atoms with Gasteiger partial charge in [-0.15, -0.1) is 0 Å². The van der Waals surface area contributed by atoms with Gasteiger partial charge in [0.15, 0.2) is 11.5 Å². The molecule has 1 aliphatic rings. The van der Waals surface area contributed by atoms with Gasteiger partial charge in [0, 0.05) is 31.0 Å². The van der Waals surface area contributed by atoms with E-state index in [9.17, 15) is 8.42 Å². The van der Waals surface area contributed by atoms with Crippen LogP contribution in [-0.2, 0) is 9.84 Å². The maximum Gasteiger partial charge on any atom is 0.163 e. The van der Waals surface area contributed by atoms with E-state index in [-0.39, 0.29) is 5.75 Å². The first-order chi connectivity index (χ1) is 9.04. The molecule has 19 heavy (non-hydrogen) atoms. The second kappa shape index (κ2) is 6.14. The lowest BCUT2D eigenvalue weighted by Gasteiger charge is -2.10. The van der Waals surface area contributed by atoms with Gasteiger partial charge < -0.3 is 14.8 Å². The van der Waals surface area contributed by atoms with Crippen molar-refractivity contribution in [3.63, 3.8) is 0 Å². The minimum atomic E-state index is -2.88. The van der Waals surface area contributed by atoms with Crippen LogP contribution in [-0.4, -0.2) is 40.2 Å². The summed E-state index contributed by atoms with van der Waals surface area (Å²) in [7, 11) is -2.88. The Morgan fingerprint density at radius 3 is 2.68 bits per heavy atom. The van der Waals surface area contributed by atoms with Gasteiger partial charge >= 0.3 is 0 Å². The summed E-state index contributed by atoms with van der Waals surface area (Å²) in [5.74, 6) is 1.70. The van der Waals surface area contributed by atoms with E-state index >= 15 is 0 Å². The number of benzene rings is 1. The summed E-state index contributed by atoms with van der Waals surface area (Å²) in [5.41, 5.74) is 0.915. The zero-order chi connectivity index (χ0) is 13.7. The van der Waals surface area contributed by atoms with Crippen molar-refractivity contribution in [3.05, 3.63) is 18.2 Å². The summed E-state index contributed by atoms with van der Waals surface area (Å²) >= 11 is 0. The molecule has 6 heteroatoms. The van der Waals surface area contributed by atoms with Crippen LogP contribution < -0.4 is 14.8 Å². The molecule has 1 aromatic carbocycles. The van der Waals surface area contributed by atoms with E-state index in [1.165, 1.54) is 6.26 Å². The number of hydrogen-bond acceptors (Lipinski definition) is 5. The quantitative estimate of drug-likeness (QED) is 0.834. The van der Waals surface area contributed by atoms with Gasteiger partial charge in [0.25, 0.3) is 0 Å². The lowest BCUT2D eigenvalue weighted by atomic mass is 10.2. The normalized spacial score (nSPS) is 14.8. The number of sulfone groups is 1. The molecule has 106 valence electrons. The molecule has 0 saturated heterocycles. The number of nitrogens with one attached hydrogen (secondary N) is 1. The van der Waals surface area contributed by atoms with Crippen molar-refractivity contribution < 1.29 is 17.9 Å². The third kappa shape index (κ3) is 4.63. The molecular formula is C13H19NO4S. The van der Waals surface area contributed by atoms with Gasteiger partial charge in [0.1, 0.15) is 9.84 Å². The van der Waals surface area contributed by atoms with Crippen molar-refractivity contribution in [2.24, 2.45) is 0 Å². The molecule has 1 N–H and O–H groups in total. The molecule has 5 nitrogen and oxygen atoms in total. The van der Waals surface area contributed by atoms with Crippen molar-refractivity contribution in [2.45, 2.75) is 12.8 Å². The van der Waals surface area contributed by atoms with E-state index in [0.717, 1.165) is 23.6 Å². The summed E-state index contributed by atoms with van der Waals surface area (Å²) in [4.78, 5) is 0. The minimum absolute atomic E-state index is 0.199. The number of fused-ring (bicyclic) bond motifs is 1. The van der Waals surface area contributed by atoms with E-state index in [0.29, 0.717) is 26.2 Å². The number of ether oxygens (including phenoxy) is 2. The van der Waals surface area contributed by atoms with Crippen LogP contribution >= 0.6 is 0 Å². The summed E-state index contributed by atoms with van der Waals surface area (Å²) in [6.45, 7) is 1.95. The molecule has 0 aliphatic carbocycles. The Balaban J connectivity index is 1.89. The van der Waals surface area contributed by atoms with E-state index < -0.39 is 9.84 Å². The molecule has 0 spiro atoms. The largest absolute Gasteiger partial charge is 0.490 e. The minimum Gasteiger partial charge on any atom is -0.490 e. The first kappa shape index (κ1) is 14.0. The van der Waals surface area contributed by atoms with Crippen LogP contribution in [0.3, 0.4) is 0 Å². The van der Waals surface area contributed by atoms with Crippen molar-refractivity contribution in [1.29, 1.82) is 0 Å². The molecule has 0 aromatic heterocycles. The predicted molar refractivity (Wildman–Crippen MR) is 74.9 cm³/mol. The first-order valence-electron chi connectivity index (χ1n) is 6.36. The number of anilines is 1. The Morgan fingerprint density at radius 1 is 1.21 bits per heavy atom. The zero-order valence-electron chi connectivity index (χ0n) is 11.0. The molecular weight excluding hydrogens is 266 g/mol. The summed E-state index contributed by atoms with van der Waals surface area (Å²) in [5, 5.41) is 3.19. The standard InChI is InChI=1S/C13H19NO4S/c1-19(15,16)9-2-6-14-11-4-5-12-13(10-11)18-8-3-7-17-12/h4-5,10,14H,2-3,6-9H2,1H3. The molecule has 1 aliphatic heterocycles. The van der Waals surface area contributed by atoms with Gasteiger partial charge in [-0.1, -0.05) is 0 Å². The van der Waals surface area contributed by atoms with Crippen LogP contribution in [0.15, 0.2) is 18.2 Å². The van der Waals surface area contributed by atoms with E-state index in [4.69, 9.17) is 9.47 Å². The Labute approximate surface area is 113 Å². The summed E-state index contributed by atoms with van der Waals surface area (Å²) in [6, 6.07) is 5.68. The average Bonchev–Trinajstić information content (AvgIpc) is 2.58. The second-order valence-corrected chi connectivity index (χ2v) is 6.88. The SMILES string of the molecule is CS(=O)(=O)CCCNc1ccc2c(c1)OCCCO2. The highest BCUT2D eigenvalue weighted by Crippen LogP contribution is 2.32. The molecule has 0 unspecified atom stereocenters. The molecule has 0 bridgehead atoms. The van der Waals surface area contributed by atoms with E-state index in [1.807, 2.05) is 18.2 Å². The third-order valence-electron chi connectivity index (χ3n) is 2.77. The maximum absolute atomic E-state index is 11.0. The Morgan fingerprint density at radius 2 is 1.95 bits per heavy atom. The van der Waals surface area contributed by atoms with Crippen molar-refractivity contribution in [1.82, 2.24) is 0 Å². The smallest absolute Gasteiger partial charge is 0.163 e. The Kier molecular flexibility index (Phi) is 4.52. The van der Waals surface area contributed by atoms with Crippen LogP contribution in [0.4, 0.5) is 5.69 Å². The maximum atomic E-state index is 11.0. The molecule has 0 radical (unpaired) electrons. The van der Waals surface area contributed by atoms with E-state index in [1.54, 1.807) is 0 Å². The number of hydrogen-bond donors (Lipinski definition) is 1. The highest BCUT2D eigenvalue weighted by molar-refractivity contribution is 7.90. The molecule has 2 rings (SSSR count). The fourth-order valence-electron chi connectivity index (χ4n) is 1.84. The van der Waals surface area contributed by atoms with Crippen LogP contribution in [0, 0.1) is 0 Å². The highest BCUT2D eigenvalue weighted by atomic mass is 32.2. The number of rotatable bonds is 5. The van der Waals surface area contributed by atoms with Crippen LogP contribution in [0.1, 0.15) is 12.8 Å². The van der Waals surface area contributed by atoms with Gasteiger partial charge in [0.05, 0.1) is 19.0 Å². The molecule has 0 saturated carbocycles. The van der Waals surface area contributed by atoms with Gasteiger partial charge in [-0.2, -0.15) is 0 Å². The van der Waals surface area contributed by atoms with Crippen LogP contribution in [0.25, 0.3) is 0 Å². The van der Waals surface area contributed by atoms with Crippen molar-refractivity contribution in [2.75, 3.05) is 37.1 Å². The molecule has 1 heterocycles. The molecule has 0 fully saturated rings. The van der Waals surface area contributed by atoms with Gasteiger partial charge in [-0.3, -0.25) is 0 Å². The van der Waals surface area contributed by atoms with Gasteiger partial charge in [-0.05, 0) is 18.6 Å². The lowest BCUT2D eigenvalue weighted by molar-refractivity contribution is 0.297. The fourth-order valence-corrected chi connectivity index (χ4v) is 2.51. The average molecular weight is 285 g/mol. The molecule has 0 atom stereocenters. The van der Waals surface area contributed by atoms with Crippen molar-refractivity contribution >= 4 is 15.5 Å². The van der Waals surface area contributed by atoms with Crippen molar-refractivity contribution in [3.8, 4) is 11.5 Å². The van der Waals surface area contributed by atoms with Crippen LogP contribution in [0.2, 0.25) is 0 Å². The van der Waals surface area contributed by atoms with Crippen LogP contribution in [0.5, 0.6) is 11.5 Å². The Bertz CT molecular complexity index is 527. The monoisotopic (exact) mass is 285 g/mol. The Hall–Kier alpha value is -1.43. The van der Waals surface area contributed by atoms with Gasteiger partial charge in [-0.25, -0.2) is 8.42 Å². The summed E-state index contributed by atoms with van der Waals surface area (Å²) in [6.07, 6.45) is 2.72. The topological polar surface area (TPSA) is 64.6 Å². The lowest BCUT2D eigenvalue weighted by Crippen LogP contribution is -2.09. The first-order valence-corrected chi connectivity index (χ1v) is 8.42. The predicted octanol–water partition coefficient (Wildman–Crippen LogP) is 1.69. The summed E-state index contributed by atoms with van der Waals surface area (Å²) < 4.78 is 33.1. The highest BCUT2D eigenvalue weighted by Gasteiger charge is 2.10. The second-order valence-electron chi connectivity index (χ2n) is 4.62. The fraction of sp³-hybridized carbons (Fsp3) is 0.538. The van der Waals surface area contributed by atoms with E-state index in [2.05, 4.69) is 5.32 Å². The third-order valence-corrected chi connectivity index (χ3v) is 3.80.